The molecule has 0 radical (unpaired) electrons. The Morgan fingerprint density at radius 1 is 1.38 bits per heavy atom. The van der Waals surface area contributed by atoms with Gasteiger partial charge >= 0.3 is 0 Å². The van der Waals surface area contributed by atoms with Gasteiger partial charge in [0.2, 0.25) is 10.0 Å². The molecular weight excluding hydrogens is 231 g/mol. The van der Waals surface area contributed by atoms with E-state index in [9.17, 15) is 12.8 Å². The summed E-state index contributed by atoms with van der Waals surface area (Å²) in [5.74, 6) is -0.743. The number of sulfonamides is 1. The van der Waals surface area contributed by atoms with Gasteiger partial charge in [0.1, 0.15) is 10.7 Å². The third kappa shape index (κ3) is 3.26. The fourth-order valence-electron chi connectivity index (χ4n) is 1.08. The zero-order valence-electron chi connectivity index (χ0n) is 9.20. The van der Waals surface area contributed by atoms with Crippen molar-refractivity contribution >= 4 is 10.0 Å². The molecule has 0 aliphatic rings. The molecule has 0 saturated heterocycles. The van der Waals surface area contributed by atoms with Crippen LogP contribution in [0.25, 0.3) is 0 Å². The van der Waals surface area contributed by atoms with Gasteiger partial charge in [0.25, 0.3) is 0 Å². The van der Waals surface area contributed by atoms with Crippen molar-refractivity contribution in [2.75, 3.05) is 13.6 Å². The topological polar surface area (TPSA) is 58.2 Å². The van der Waals surface area contributed by atoms with Crippen LogP contribution in [0.2, 0.25) is 0 Å². The fraction of sp³-hybridized carbons (Fsp3) is 0.400. The zero-order valence-corrected chi connectivity index (χ0v) is 10.0. The SMILES string of the molecule is CNC(C)CNS(=O)(=O)c1ccccc1F. The molecule has 0 spiro atoms. The minimum atomic E-state index is -3.76. The average molecular weight is 246 g/mol. The van der Waals surface area contributed by atoms with Crippen LogP contribution in [0, 0.1) is 5.82 Å². The van der Waals surface area contributed by atoms with E-state index in [4.69, 9.17) is 0 Å². The second-order valence-corrected chi connectivity index (χ2v) is 5.21. The molecule has 90 valence electrons. The Morgan fingerprint density at radius 2 is 2.00 bits per heavy atom. The maximum atomic E-state index is 13.3. The van der Waals surface area contributed by atoms with Gasteiger partial charge in [-0.25, -0.2) is 17.5 Å². The maximum absolute atomic E-state index is 13.3. The molecule has 6 heteroatoms. The summed E-state index contributed by atoms with van der Waals surface area (Å²) in [6, 6.07) is 5.28. The van der Waals surface area contributed by atoms with Gasteiger partial charge in [0.15, 0.2) is 0 Å². The van der Waals surface area contributed by atoms with E-state index in [1.807, 2.05) is 6.92 Å². The van der Waals surface area contributed by atoms with Crippen LogP contribution < -0.4 is 10.0 Å². The Hall–Kier alpha value is -0.980. The first kappa shape index (κ1) is 13.1. The number of hydrogen-bond donors (Lipinski definition) is 2. The highest BCUT2D eigenvalue weighted by molar-refractivity contribution is 7.89. The van der Waals surface area contributed by atoms with Gasteiger partial charge in [0.05, 0.1) is 0 Å². The van der Waals surface area contributed by atoms with Gasteiger partial charge in [-0.05, 0) is 26.1 Å². The number of likely N-dealkylation sites (N-methyl/N-ethyl adjacent to an activating group) is 1. The molecule has 1 aromatic carbocycles. The standard InChI is InChI=1S/C10H15FN2O2S/c1-8(12-2)7-13-16(14,15)10-6-4-3-5-9(10)11/h3-6,8,12-13H,7H2,1-2H3. The molecule has 0 aliphatic carbocycles. The van der Waals surface area contributed by atoms with Crippen LogP contribution in [0.5, 0.6) is 0 Å². The molecule has 1 rings (SSSR count). The number of hydrogen-bond acceptors (Lipinski definition) is 3. The maximum Gasteiger partial charge on any atom is 0.243 e. The van der Waals surface area contributed by atoms with E-state index in [1.165, 1.54) is 18.2 Å². The summed E-state index contributed by atoms with van der Waals surface area (Å²) in [6.45, 7) is 2.04. The molecule has 0 bridgehead atoms. The van der Waals surface area contributed by atoms with Crippen molar-refractivity contribution in [2.24, 2.45) is 0 Å². The Labute approximate surface area is 94.9 Å². The van der Waals surface area contributed by atoms with E-state index in [2.05, 4.69) is 10.0 Å². The van der Waals surface area contributed by atoms with Gasteiger partial charge < -0.3 is 5.32 Å². The predicted octanol–water partition coefficient (Wildman–Crippen LogP) is 0.712. The summed E-state index contributed by atoms with van der Waals surface area (Å²) < 4.78 is 39.0. The molecule has 1 aromatic rings. The van der Waals surface area contributed by atoms with Crippen molar-refractivity contribution in [3.8, 4) is 0 Å². The van der Waals surface area contributed by atoms with Gasteiger partial charge in [-0.3, -0.25) is 0 Å². The number of nitrogens with one attached hydrogen (secondary N) is 2. The van der Waals surface area contributed by atoms with Crippen molar-refractivity contribution in [2.45, 2.75) is 17.9 Å². The molecule has 0 amide bonds. The Bertz CT molecular complexity index is 448. The molecule has 0 heterocycles. The summed E-state index contributed by atoms with van der Waals surface area (Å²) in [4.78, 5) is -0.321. The smallest absolute Gasteiger partial charge is 0.243 e. The van der Waals surface area contributed by atoms with Gasteiger partial charge in [-0.1, -0.05) is 12.1 Å². The third-order valence-corrected chi connectivity index (χ3v) is 3.66. The van der Waals surface area contributed by atoms with E-state index in [-0.39, 0.29) is 17.5 Å². The molecule has 0 saturated carbocycles. The van der Waals surface area contributed by atoms with E-state index in [1.54, 1.807) is 7.05 Å². The van der Waals surface area contributed by atoms with E-state index in [0.29, 0.717) is 0 Å². The largest absolute Gasteiger partial charge is 0.316 e. The molecule has 0 aromatic heterocycles. The van der Waals surface area contributed by atoms with Crippen molar-refractivity contribution < 1.29 is 12.8 Å². The average Bonchev–Trinajstić information content (AvgIpc) is 2.26. The summed E-state index contributed by atoms with van der Waals surface area (Å²) in [7, 11) is -2.04. The van der Waals surface area contributed by atoms with Gasteiger partial charge in [-0.15, -0.1) is 0 Å². The first-order valence-electron chi connectivity index (χ1n) is 4.89. The number of halogens is 1. The molecule has 2 N–H and O–H groups in total. The normalized spacial score (nSPS) is 13.7. The fourth-order valence-corrected chi connectivity index (χ4v) is 2.28. The number of benzene rings is 1. The zero-order chi connectivity index (χ0) is 12.2. The molecule has 0 fully saturated rings. The summed E-state index contributed by atoms with van der Waals surface area (Å²) in [6.07, 6.45) is 0. The van der Waals surface area contributed by atoms with E-state index in [0.717, 1.165) is 6.07 Å². The first-order valence-corrected chi connectivity index (χ1v) is 6.37. The summed E-state index contributed by atoms with van der Waals surface area (Å²) in [5.41, 5.74) is 0. The van der Waals surface area contributed by atoms with Crippen molar-refractivity contribution in [3.05, 3.63) is 30.1 Å². The van der Waals surface area contributed by atoms with Crippen LogP contribution in [-0.2, 0) is 10.0 Å². The molecule has 0 aliphatic heterocycles. The Morgan fingerprint density at radius 3 is 2.56 bits per heavy atom. The lowest BCUT2D eigenvalue weighted by molar-refractivity contribution is 0.540. The highest BCUT2D eigenvalue weighted by atomic mass is 32.2. The van der Waals surface area contributed by atoms with Gasteiger partial charge in [0, 0.05) is 12.6 Å². The van der Waals surface area contributed by atoms with Crippen molar-refractivity contribution in [3.63, 3.8) is 0 Å². The lowest BCUT2D eigenvalue weighted by Crippen LogP contribution is -2.37. The second kappa shape index (κ2) is 5.38. The first-order chi connectivity index (χ1) is 7.47. The predicted molar refractivity (Wildman–Crippen MR) is 60.1 cm³/mol. The quantitative estimate of drug-likeness (QED) is 0.804. The third-order valence-electron chi connectivity index (χ3n) is 2.20. The van der Waals surface area contributed by atoms with Crippen LogP contribution in [0.4, 0.5) is 4.39 Å². The minimum absolute atomic E-state index is 0.0125. The monoisotopic (exact) mass is 246 g/mol. The lowest BCUT2D eigenvalue weighted by atomic mass is 10.3. The van der Waals surface area contributed by atoms with Crippen LogP contribution in [0.15, 0.2) is 29.2 Å². The van der Waals surface area contributed by atoms with Crippen molar-refractivity contribution in [1.82, 2.24) is 10.0 Å². The van der Waals surface area contributed by atoms with Crippen LogP contribution in [0.1, 0.15) is 6.92 Å². The molecule has 1 atom stereocenters. The molecule has 1 unspecified atom stereocenters. The van der Waals surface area contributed by atoms with Crippen LogP contribution >= 0.6 is 0 Å². The number of rotatable bonds is 5. The van der Waals surface area contributed by atoms with Crippen molar-refractivity contribution in [1.29, 1.82) is 0 Å². The summed E-state index contributed by atoms with van der Waals surface area (Å²) in [5, 5.41) is 2.88. The Kier molecular flexibility index (Phi) is 4.40. The summed E-state index contributed by atoms with van der Waals surface area (Å²) >= 11 is 0. The lowest BCUT2D eigenvalue weighted by Gasteiger charge is -2.12. The molecule has 4 nitrogen and oxygen atoms in total. The second-order valence-electron chi connectivity index (χ2n) is 3.47. The highest BCUT2D eigenvalue weighted by Gasteiger charge is 2.18. The van der Waals surface area contributed by atoms with Crippen LogP contribution in [-0.4, -0.2) is 28.1 Å². The molecular formula is C10H15FN2O2S. The Balaban J connectivity index is 2.83. The highest BCUT2D eigenvalue weighted by Crippen LogP contribution is 2.12. The van der Waals surface area contributed by atoms with Gasteiger partial charge in [-0.2, -0.15) is 0 Å². The van der Waals surface area contributed by atoms with Crippen LogP contribution in [0.3, 0.4) is 0 Å². The van der Waals surface area contributed by atoms with E-state index >= 15 is 0 Å². The minimum Gasteiger partial charge on any atom is -0.316 e. The molecule has 16 heavy (non-hydrogen) atoms. The van der Waals surface area contributed by atoms with E-state index < -0.39 is 15.8 Å².